The molecule has 6 heteroatoms. The second-order valence-corrected chi connectivity index (χ2v) is 7.30. The van der Waals surface area contributed by atoms with Crippen LogP contribution in [-0.4, -0.2) is 26.3 Å². The van der Waals surface area contributed by atoms with Gasteiger partial charge in [0.2, 0.25) is 0 Å². The average molecular weight is 376 g/mol. The minimum atomic E-state index is 0.682. The maximum absolute atomic E-state index is 6.20. The first-order chi connectivity index (χ1) is 13.2. The van der Waals surface area contributed by atoms with E-state index < -0.39 is 0 Å². The minimum Gasteiger partial charge on any atom is -0.351 e. The number of benzene rings is 2. The van der Waals surface area contributed by atoms with Gasteiger partial charge in [-0.15, -0.1) is 0 Å². The molecule has 2 aromatic carbocycles. The van der Waals surface area contributed by atoms with Crippen LogP contribution in [0.5, 0.6) is 0 Å². The SMILES string of the molecule is Cc1ccc(Cl)cc1-n1ncc2c(N3CCc4ccccc4C3)ncnc21. The summed E-state index contributed by atoms with van der Waals surface area (Å²) in [6.07, 6.45) is 4.49. The van der Waals surface area contributed by atoms with Crippen molar-refractivity contribution in [3.63, 3.8) is 0 Å². The summed E-state index contributed by atoms with van der Waals surface area (Å²) in [4.78, 5) is 11.4. The summed E-state index contributed by atoms with van der Waals surface area (Å²) in [7, 11) is 0. The Hall–Kier alpha value is -2.92. The zero-order chi connectivity index (χ0) is 18.4. The first kappa shape index (κ1) is 16.3. The molecule has 134 valence electrons. The minimum absolute atomic E-state index is 0.682. The van der Waals surface area contributed by atoms with E-state index in [0.717, 1.165) is 47.6 Å². The zero-order valence-corrected chi connectivity index (χ0v) is 15.7. The molecule has 0 N–H and O–H groups in total. The first-order valence-corrected chi connectivity index (χ1v) is 9.35. The van der Waals surface area contributed by atoms with Gasteiger partial charge in [0.15, 0.2) is 5.65 Å². The smallest absolute Gasteiger partial charge is 0.168 e. The van der Waals surface area contributed by atoms with Crippen molar-refractivity contribution in [1.82, 2.24) is 19.7 Å². The molecule has 3 heterocycles. The molecular formula is C21H18ClN5. The highest BCUT2D eigenvalue weighted by molar-refractivity contribution is 6.30. The fourth-order valence-corrected chi connectivity index (χ4v) is 3.91. The maximum atomic E-state index is 6.20. The largest absolute Gasteiger partial charge is 0.351 e. The molecule has 27 heavy (non-hydrogen) atoms. The third-order valence-corrected chi connectivity index (χ3v) is 5.41. The van der Waals surface area contributed by atoms with Gasteiger partial charge in [0, 0.05) is 18.1 Å². The first-order valence-electron chi connectivity index (χ1n) is 8.98. The highest BCUT2D eigenvalue weighted by Gasteiger charge is 2.21. The lowest BCUT2D eigenvalue weighted by molar-refractivity contribution is 0.723. The summed E-state index contributed by atoms with van der Waals surface area (Å²) in [6.45, 7) is 3.83. The number of fused-ring (bicyclic) bond motifs is 2. The molecule has 0 fully saturated rings. The molecule has 0 amide bonds. The van der Waals surface area contributed by atoms with Gasteiger partial charge in [0.05, 0.1) is 17.3 Å². The molecule has 0 aliphatic carbocycles. The summed E-state index contributed by atoms with van der Waals surface area (Å²) >= 11 is 6.20. The highest BCUT2D eigenvalue weighted by atomic mass is 35.5. The average Bonchev–Trinajstić information content (AvgIpc) is 3.13. The van der Waals surface area contributed by atoms with Gasteiger partial charge in [-0.2, -0.15) is 5.10 Å². The normalized spacial score (nSPS) is 13.8. The van der Waals surface area contributed by atoms with E-state index in [2.05, 4.69) is 44.2 Å². The van der Waals surface area contributed by atoms with Gasteiger partial charge in [-0.05, 0) is 42.2 Å². The number of aryl methyl sites for hydroxylation is 1. The van der Waals surface area contributed by atoms with Gasteiger partial charge in [0.25, 0.3) is 0 Å². The van der Waals surface area contributed by atoms with Crippen LogP contribution in [0.3, 0.4) is 0 Å². The number of halogens is 1. The van der Waals surface area contributed by atoms with Crippen LogP contribution in [0.2, 0.25) is 5.02 Å². The second-order valence-electron chi connectivity index (χ2n) is 6.86. The summed E-state index contributed by atoms with van der Waals surface area (Å²) < 4.78 is 1.85. The summed E-state index contributed by atoms with van der Waals surface area (Å²) in [6, 6.07) is 14.4. The van der Waals surface area contributed by atoms with Crippen molar-refractivity contribution in [3.8, 4) is 5.69 Å². The summed E-state index contributed by atoms with van der Waals surface area (Å²) in [5.41, 5.74) is 5.60. The van der Waals surface area contributed by atoms with Crippen molar-refractivity contribution in [3.05, 3.63) is 76.7 Å². The van der Waals surface area contributed by atoms with E-state index in [-0.39, 0.29) is 0 Å². The molecule has 0 bridgehead atoms. The molecule has 0 unspecified atom stereocenters. The van der Waals surface area contributed by atoms with Crippen LogP contribution in [0, 0.1) is 6.92 Å². The molecular weight excluding hydrogens is 358 g/mol. The van der Waals surface area contributed by atoms with E-state index in [4.69, 9.17) is 11.6 Å². The lowest BCUT2D eigenvalue weighted by atomic mass is 10.00. The van der Waals surface area contributed by atoms with E-state index in [0.29, 0.717) is 5.02 Å². The molecule has 1 aliphatic rings. The number of aromatic nitrogens is 4. The molecule has 4 aromatic rings. The molecule has 1 aliphatic heterocycles. The van der Waals surface area contributed by atoms with E-state index >= 15 is 0 Å². The van der Waals surface area contributed by atoms with Crippen molar-refractivity contribution in [2.24, 2.45) is 0 Å². The second kappa shape index (κ2) is 6.35. The molecule has 0 saturated heterocycles. The van der Waals surface area contributed by atoms with Crippen LogP contribution in [-0.2, 0) is 13.0 Å². The van der Waals surface area contributed by atoms with E-state index in [9.17, 15) is 0 Å². The van der Waals surface area contributed by atoms with Gasteiger partial charge >= 0.3 is 0 Å². The standard InChI is InChI=1S/C21H18ClN5/c1-14-6-7-17(22)10-19(14)27-21-18(11-25-27)20(23-13-24-21)26-9-8-15-4-2-3-5-16(15)12-26/h2-7,10-11,13H,8-9,12H2,1H3. The monoisotopic (exact) mass is 375 g/mol. The van der Waals surface area contributed by atoms with E-state index in [1.807, 2.05) is 36.0 Å². The molecule has 0 radical (unpaired) electrons. The lowest BCUT2D eigenvalue weighted by Gasteiger charge is -2.29. The third kappa shape index (κ3) is 2.75. The predicted octanol–water partition coefficient (Wildman–Crippen LogP) is 4.34. The Morgan fingerprint density at radius 3 is 2.78 bits per heavy atom. The molecule has 0 atom stereocenters. The predicted molar refractivity (Wildman–Crippen MR) is 108 cm³/mol. The maximum Gasteiger partial charge on any atom is 0.168 e. The Morgan fingerprint density at radius 1 is 1.04 bits per heavy atom. The lowest BCUT2D eigenvalue weighted by Crippen LogP contribution is -2.31. The molecule has 5 nitrogen and oxygen atoms in total. The van der Waals surface area contributed by atoms with Crippen molar-refractivity contribution < 1.29 is 0 Å². The zero-order valence-electron chi connectivity index (χ0n) is 14.9. The number of anilines is 1. The van der Waals surface area contributed by atoms with Crippen molar-refractivity contribution in [1.29, 1.82) is 0 Å². The fourth-order valence-electron chi connectivity index (χ4n) is 3.75. The van der Waals surface area contributed by atoms with E-state index in [1.54, 1.807) is 6.33 Å². The summed E-state index contributed by atoms with van der Waals surface area (Å²) in [5, 5.41) is 6.23. The van der Waals surface area contributed by atoms with Crippen LogP contribution in [0.4, 0.5) is 5.82 Å². The number of hydrogen-bond acceptors (Lipinski definition) is 4. The van der Waals surface area contributed by atoms with Gasteiger partial charge in [-0.3, -0.25) is 0 Å². The van der Waals surface area contributed by atoms with Gasteiger partial charge < -0.3 is 4.90 Å². The van der Waals surface area contributed by atoms with Crippen LogP contribution < -0.4 is 4.90 Å². The quantitative estimate of drug-likeness (QED) is 0.523. The van der Waals surface area contributed by atoms with Gasteiger partial charge in [-0.1, -0.05) is 41.9 Å². The van der Waals surface area contributed by atoms with Crippen LogP contribution in [0.15, 0.2) is 55.0 Å². The topological polar surface area (TPSA) is 46.8 Å². The molecule has 0 spiro atoms. The molecule has 2 aromatic heterocycles. The Kier molecular flexibility index (Phi) is 3.83. The van der Waals surface area contributed by atoms with Crippen molar-refractivity contribution >= 4 is 28.5 Å². The number of rotatable bonds is 2. The highest BCUT2D eigenvalue weighted by Crippen LogP contribution is 2.30. The third-order valence-electron chi connectivity index (χ3n) is 5.17. The Labute approximate surface area is 162 Å². The van der Waals surface area contributed by atoms with Crippen LogP contribution >= 0.6 is 11.6 Å². The number of hydrogen-bond donors (Lipinski definition) is 0. The Bertz CT molecular complexity index is 1150. The van der Waals surface area contributed by atoms with Crippen LogP contribution in [0.1, 0.15) is 16.7 Å². The Balaban J connectivity index is 1.60. The van der Waals surface area contributed by atoms with Crippen molar-refractivity contribution in [2.45, 2.75) is 19.9 Å². The van der Waals surface area contributed by atoms with E-state index in [1.165, 1.54) is 11.1 Å². The molecule has 0 saturated carbocycles. The summed E-state index contributed by atoms with van der Waals surface area (Å²) in [5.74, 6) is 0.931. The van der Waals surface area contributed by atoms with Crippen LogP contribution in [0.25, 0.3) is 16.7 Å². The molecule has 5 rings (SSSR count). The van der Waals surface area contributed by atoms with Gasteiger partial charge in [0.1, 0.15) is 12.1 Å². The van der Waals surface area contributed by atoms with Gasteiger partial charge in [-0.25, -0.2) is 14.6 Å². The Morgan fingerprint density at radius 2 is 1.89 bits per heavy atom. The van der Waals surface area contributed by atoms with Crippen molar-refractivity contribution in [2.75, 3.05) is 11.4 Å². The fraction of sp³-hybridized carbons (Fsp3) is 0.190. The number of nitrogens with zero attached hydrogens (tertiary/aromatic N) is 5.